The quantitative estimate of drug-likeness (QED) is 0.0261. The summed E-state index contributed by atoms with van der Waals surface area (Å²) >= 11 is 0. The number of amides is 1. The third-order valence-corrected chi connectivity index (χ3v) is 13.9. The van der Waals surface area contributed by atoms with E-state index in [0.717, 1.165) is 38.5 Å². The third-order valence-electron chi connectivity index (χ3n) is 13.9. The summed E-state index contributed by atoms with van der Waals surface area (Å²) in [4.78, 5) is 13.1. The molecule has 0 saturated carbocycles. The first kappa shape index (κ1) is 64.4. The Balaban J connectivity index is 2.25. The molecule has 0 radical (unpaired) electrons. The minimum atomic E-state index is -1.57. The van der Waals surface area contributed by atoms with E-state index < -0.39 is 49.5 Å². The molecule has 1 aliphatic heterocycles. The fourth-order valence-electron chi connectivity index (χ4n) is 9.29. The van der Waals surface area contributed by atoms with E-state index in [2.05, 4.69) is 43.5 Å². The second-order valence-corrected chi connectivity index (χ2v) is 20.4. The van der Waals surface area contributed by atoms with Gasteiger partial charge in [0.2, 0.25) is 5.91 Å². The van der Waals surface area contributed by atoms with Crippen molar-refractivity contribution in [3.8, 4) is 0 Å². The van der Waals surface area contributed by atoms with Crippen molar-refractivity contribution < 1.29 is 39.8 Å². The van der Waals surface area contributed by atoms with Crippen molar-refractivity contribution >= 4 is 5.91 Å². The smallest absolute Gasteiger partial charge is 0.220 e. The van der Waals surface area contributed by atoms with Crippen LogP contribution < -0.4 is 5.32 Å². The highest BCUT2D eigenvalue weighted by atomic mass is 16.7. The van der Waals surface area contributed by atoms with Crippen molar-refractivity contribution in [3.63, 3.8) is 0 Å². The standard InChI is InChI=1S/C59H111NO8/c1-3-5-7-9-11-13-15-17-19-21-23-25-27-29-31-33-35-37-39-41-43-45-47-49-55(63)60-52(51-67-59-58(66)57(65)56(64)54(50-61)68-59)53(62)48-46-44-42-40-38-36-34-32-30-28-26-24-22-20-18-16-14-12-10-8-6-4-2/h21,23,38,40,46,48,52-54,56-59,61-62,64-66H,3-20,22,24-37,39,41-45,47,49-51H2,1-2H3,(H,60,63)/b23-21-,40-38+,48-46+. The number of hydrogen-bond acceptors (Lipinski definition) is 8. The van der Waals surface area contributed by atoms with Gasteiger partial charge in [0.25, 0.3) is 0 Å². The van der Waals surface area contributed by atoms with Gasteiger partial charge in [-0.25, -0.2) is 0 Å². The molecule has 0 spiro atoms. The Morgan fingerprint density at radius 2 is 0.838 bits per heavy atom. The predicted octanol–water partition coefficient (Wildman–Crippen LogP) is 14.4. The van der Waals surface area contributed by atoms with Gasteiger partial charge in [-0.05, 0) is 57.8 Å². The lowest BCUT2D eigenvalue weighted by molar-refractivity contribution is -0.302. The van der Waals surface area contributed by atoms with Gasteiger partial charge in [-0.3, -0.25) is 4.79 Å². The zero-order chi connectivity index (χ0) is 49.4. The van der Waals surface area contributed by atoms with Gasteiger partial charge in [0, 0.05) is 6.42 Å². The van der Waals surface area contributed by atoms with Gasteiger partial charge in [-0.15, -0.1) is 0 Å². The predicted molar refractivity (Wildman–Crippen MR) is 286 cm³/mol. The van der Waals surface area contributed by atoms with Crippen LogP contribution in [0, 0.1) is 0 Å². The van der Waals surface area contributed by atoms with Gasteiger partial charge in [0.1, 0.15) is 24.4 Å². The SMILES string of the molecule is CCCCCCCCCC/C=C\CCCCCCCCCCCCCC(=O)NC(COC1OC(CO)C(O)C(O)C1O)C(O)/C=C/CC/C=C/CCCCCCCCCCCCCCCCCC. The van der Waals surface area contributed by atoms with Crippen LogP contribution in [0.4, 0.5) is 0 Å². The number of nitrogens with one attached hydrogen (secondary N) is 1. The van der Waals surface area contributed by atoms with Gasteiger partial charge in [-0.1, -0.05) is 249 Å². The van der Waals surface area contributed by atoms with Crippen molar-refractivity contribution in [1.82, 2.24) is 5.32 Å². The van der Waals surface area contributed by atoms with E-state index in [4.69, 9.17) is 9.47 Å². The van der Waals surface area contributed by atoms with Crippen molar-refractivity contribution in [2.75, 3.05) is 13.2 Å². The lowest BCUT2D eigenvalue weighted by Gasteiger charge is -2.40. The summed E-state index contributed by atoms with van der Waals surface area (Å²) in [6.07, 6.45) is 56.4. The molecule has 1 aliphatic rings. The summed E-state index contributed by atoms with van der Waals surface area (Å²) in [6, 6.07) is -0.822. The Hall–Kier alpha value is -1.59. The van der Waals surface area contributed by atoms with Crippen LogP contribution in [0.1, 0.15) is 277 Å². The second kappa shape index (κ2) is 49.0. The molecule has 400 valence electrons. The summed E-state index contributed by atoms with van der Waals surface area (Å²) in [5, 5.41) is 54.5. The van der Waals surface area contributed by atoms with E-state index in [1.807, 2.05) is 6.08 Å². The Kier molecular flexibility index (Phi) is 46.4. The Bertz CT molecular complexity index is 1160. The molecule has 7 unspecified atom stereocenters. The highest BCUT2D eigenvalue weighted by Crippen LogP contribution is 2.23. The third kappa shape index (κ3) is 38.1. The number of carbonyl (C=O) groups excluding carboxylic acids is 1. The summed E-state index contributed by atoms with van der Waals surface area (Å²) in [7, 11) is 0. The number of aliphatic hydroxyl groups excluding tert-OH is 5. The lowest BCUT2D eigenvalue weighted by Crippen LogP contribution is -2.60. The first-order valence-electron chi connectivity index (χ1n) is 29.2. The maximum absolute atomic E-state index is 13.1. The van der Waals surface area contributed by atoms with E-state index in [1.165, 1.54) is 218 Å². The summed E-state index contributed by atoms with van der Waals surface area (Å²) in [6.45, 7) is 3.79. The van der Waals surface area contributed by atoms with Crippen LogP contribution in [0.3, 0.4) is 0 Å². The molecule has 0 aliphatic carbocycles. The van der Waals surface area contributed by atoms with Crippen LogP contribution in [0.25, 0.3) is 0 Å². The Morgan fingerprint density at radius 1 is 0.485 bits per heavy atom. The average Bonchev–Trinajstić information content (AvgIpc) is 3.34. The van der Waals surface area contributed by atoms with E-state index in [9.17, 15) is 30.3 Å². The minimum absolute atomic E-state index is 0.184. The molecule has 0 aromatic carbocycles. The first-order valence-corrected chi connectivity index (χ1v) is 29.2. The number of carbonyl (C=O) groups is 1. The van der Waals surface area contributed by atoms with Gasteiger partial charge in [-0.2, -0.15) is 0 Å². The van der Waals surface area contributed by atoms with E-state index in [1.54, 1.807) is 6.08 Å². The molecule has 0 aromatic heterocycles. The van der Waals surface area contributed by atoms with Crippen molar-refractivity contribution in [2.45, 2.75) is 320 Å². The number of rotatable bonds is 50. The van der Waals surface area contributed by atoms with Gasteiger partial charge in [0.15, 0.2) is 6.29 Å². The maximum Gasteiger partial charge on any atom is 0.220 e. The van der Waals surface area contributed by atoms with Gasteiger partial charge >= 0.3 is 0 Å². The fourth-order valence-corrected chi connectivity index (χ4v) is 9.29. The zero-order valence-corrected chi connectivity index (χ0v) is 44.4. The molecule has 9 nitrogen and oxygen atoms in total. The van der Waals surface area contributed by atoms with Crippen molar-refractivity contribution in [1.29, 1.82) is 0 Å². The number of unbranched alkanes of at least 4 members (excludes halogenated alkanes) is 36. The largest absolute Gasteiger partial charge is 0.394 e. The summed E-state index contributed by atoms with van der Waals surface area (Å²) < 4.78 is 11.3. The van der Waals surface area contributed by atoms with Crippen LogP contribution in [-0.2, 0) is 14.3 Å². The lowest BCUT2D eigenvalue weighted by atomic mass is 9.99. The van der Waals surface area contributed by atoms with Gasteiger partial charge < -0.3 is 40.3 Å². The van der Waals surface area contributed by atoms with E-state index >= 15 is 0 Å². The van der Waals surface area contributed by atoms with Crippen LogP contribution in [0.5, 0.6) is 0 Å². The molecule has 9 heteroatoms. The molecule has 6 N–H and O–H groups in total. The molecule has 0 bridgehead atoms. The minimum Gasteiger partial charge on any atom is -0.394 e. The highest BCUT2D eigenvalue weighted by Gasteiger charge is 2.44. The number of aliphatic hydroxyl groups is 5. The normalized spacial score (nSPS) is 19.8. The molecule has 7 atom stereocenters. The zero-order valence-electron chi connectivity index (χ0n) is 44.4. The molecular formula is C59H111NO8. The number of ether oxygens (including phenoxy) is 2. The monoisotopic (exact) mass is 962 g/mol. The molecule has 1 heterocycles. The van der Waals surface area contributed by atoms with Crippen LogP contribution in [0.2, 0.25) is 0 Å². The van der Waals surface area contributed by atoms with Crippen LogP contribution in [-0.4, -0.2) is 87.5 Å². The first-order chi connectivity index (χ1) is 33.3. The van der Waals surface area contributed by atoms with E-state index in [0.29, 0.717) is 6.42 Å². The molecule has 1 rings (SSSR count). The molecule has 0 aromatic rings. The van der Waals surface area contributed by atoms with Crippen molar-refractivity contribution in [3.05, 3.63) is 36.5 Å². The fraction of sp³-hybridized carbons (Fsp3) is 0.881. The van der Waals surface area contributed by atoms with Gasteiger partial charge in [0.05, 0.1) is 25.4 Å². The summed E-state index contributed by atoms with van der Waals surface area (Å²) in [5.74, 6) is -0.184. The number of hydrogen-bond donors (Lipinski definition) is 6. The molecule has 1 saturated heterocycles. The van der Waals surface area contributed by atoms with Crippen LogP contribution in [0.15, 0.2) is 36.5 Å². The second-order valence-electron chi connectivity index (χ2n) is 20.4. The van der Waals surface area contributed by atoms with E-state index in [-0.39, 0.29) is 12.5 Å². The highest BCUT2D eigenvalue weighted by molar-refractivity contribution is 5.76. The Morgan fingerprint density at radius 3 is 1.24 bits per heavy atom. The average molecular weight is 963 g/mol. The topological polar surface area (TPSA) is 149 Å². The molecular weight excluding hydrogens is 851 g/mol. The summed E-state index contributed by atoms with van der Waals surface area (Å²) in [5.41, 5.74) is 0. The number of allylic oxidation sites excluding steroid dienone is 5. The Labute approximate surface area is 419 Å². The molecule has 68 heavy (non-hydrogen) atoms. The van der Waals surface area contributed by atoms with Crippen molar-refractivity contribution in [2.24, 2.45) is 0 Å². The molecule has 1 amide bonds. The van der Waals surface area contributed by atoms with Crippen LogP contribution >= 0.6 is 0 Å². The molecule has 1 fully saturated rings. The maximum atomic E-state index is 13.1.